The standard InChI is InChI=1S/C15H16FNO2S/c1-15(2,13-4-3-7-20-13)9-17-14(19)11-8-10(16)5-6-12(11)18/h3-8,18H,9H2,1-2H3,(H,17,19). The Kier molecular flexibility index (Phi) is 4.09. The second kappa shape index (κ2) is 5.63. The van der Waals surface area contributed by atoms with Gasteiger partial charge in [-0.3, -0.25) is 4.79 Å². The number of nitrogens with one attached hydrogen (secondary N) is 1. The molecule has 2 N–H and O–H groups in total. The third-order valence-corrected chi connectivity index (χ3v) is 4.32. The summed E-state index contributed by atoms with van der Waals surface area (Å²) in [6.45, 7) is 4.44. The maximum Gasteiger partial charge on any atom is 0.255 e. The molecule has 0 bridgehead atoms. The lowest BCUT2D eigenvalue weighted by atomic mass is 9.91. The van der Waals surface area contributed by atoms with Crippen LogP contribution < -0.4 is 5.32 Å². The van der Waals surface area contributed by atoms with Gasteiger partial charge in [0.25, 0.3) is 5.91 Å². The molecule has 2 aromatic rings. The fraction of sp³-hybridized carbons (Fsp3) is 0.267. The Labute approximate surface area is 121 Å². The topological polar surface area (TPSA) is 49.3 Å². The minimum Gasteiger partial charge on any atom is -0.507 e. The van der Waals surface area contributed by atoms with Gasteiger partial charge in [0.05, 0.1) is 5.56 Å². The number of carbonyl (C=O) groups is 1. The Balaban J connectivity index is 2.07. The highest BCUT2D eigenvalue weighted by Crippen LogP contribution is 2.27. The van der Waals surface area contributed by atoms with Gasteiger partial charge >= 0.3 is 0 Å². The molecule has 106 valence electrons. The third kappa shape index (κ3) is 3.17. The number of thiophene rings is 1. The van der Waals surface area contributed by atoms with Crippen molar-refractivity contribution in [2.75, 3.05) is 6.54 Å². The lowest BCUT2D eigenvalue weighted by Crippen LogP contribution is -2.36. The molecular weight excluding hydrogens is 277 g/mol. The van der Waals surface area contributed by atoms with E-state index < -0.39 is 11.7 Å². The summed E-state index contributed by atoms with van der Waals surface area (Å²) in [6, 6.07) is 7.29. The zero-order valence-corrected chi connectivity index (χ0v) is 12.1. The number of carbonyl (C=O) groups excluding carboxylic acids is 1. The summed E-state index contributed by atoms with van der Waals surface area (Å²) >= 11 is 1.62. The molecule has 0 aliphatic carbocycles. The molecule has 0 fully saturated rings. The quantitative estimate of drug-likeness (QED) is 0.908. The molecule has 20 heavy (non-hydrogen) atoms. The fourth-order valence-electron chi connectivity index (χ4n) is 1.84. The summed E-state index contributed by atoms with van der Waals surface area (Å²) in [4.78, 5) is 13.2. The molecule has 1 aromatic heterocycles. The van der Waals surface area contributed by atoms with Gasteiger partial charge < -0.3 is 10.4 Å². The maximum absolute atomic E-state index is 13.1. The number of phenolic OH excluding ortho intramolecular Hbond substituents is 1. The highest BCUT2D eigenvalue weighted by atomic mass is 32.1. The van der Waals surface area contributed by atoms with Gasteiger partial charge in [0.15, 0.2) is 0 Å². The first-order valence-corrected chi connectivity index (χ1v) is 7.09. The number of amides is 1. The van der Waals surface area contributed by atoms with Crippen molar-refractivity contribution in [1.82, 2.24) is 5.32 Å². The van der Waals surface area contributed by atoms with Crippen LogP contribution in [-0.2, 0) is 5.41 Å². The zero-order chi connectivity index (χ0) is 14.8. The minimum atomic E-state index is -0.550. The minimum absolute atomic E-state index is 0.0491. The summed E-state index contributed by atoms with van der Waals surface area (Å²) in [5.74, 6) is -1.25. The maximum atomic E-state index is 13.1. The Morgan fingerprint density at radius 3 is 2.80 bits per heavy atom. The lowest BCUT2D eigenvalue weighted by Gasteiger charge is -2.23. The van der Waals surface area contributed by atoms with Gasteiger partial charge in [-0.1, -0.05) is 19.9 Å². The van der Waals surface area contributed by atoms with Crippen molar-refractivity contribution >= 4 is 17.2 Å². The SMILES string of the molecule is CC(C)(CNC(=O)c1cc(F)ccc1O)c1cccs1. The van der Waals surface area contributed by atoms with Crippen LogP contribution in [0, 0.1) is 5.82 Å². The van der Waals surface area contributed by atoms with E-state index in [1.54, 1.807) is 11.3 Å². The van der Waals surface area contributed by atoms with Gasteiger partial charge in [-0.15, -0.1) is 11.3 Å². The van der Waals surface area contributed by atoms with Gasteiger partial charge in [-0.05, 0) is 29.6 Å². The monoisotopic (exact) mass is 293 g/mol. The van der Waals surface area contributed by atoms with Crippen molar-refractivity contribution < 1.29 is 14.3 Å². The normalized spacial score (nSPS) is 11.3. The number of phenols is 1. The Morgan fingerprint density at radius 2 is 2.15 bits per heavy atom. The molecule has 0 unspecified atom stereocenters. The van der Waals surface area contributed by atoms with Gasteiger partial charge in [0, 0.05) is 16.8 Å². The summed E-state index contributed by atoms with van der Waals surface area (Å²) in [5, 5.41) is 14.3. The van der Waals surface area contributed by atoms with Crippen LogP contribution in [0.3, 0.4) is 0 Å². The number of hydrogen-bond acceptors (Lipinski definition) is 3. The van der Waals surface area contributed by atoms with Crippen LogP contribution in [0.25, 0.3) is 0 Å². The van der Waals surface area contributed by atoms with Gasteiger partial charge in [0.1, 0.15) is 11.6 Å². The van der Waals surface area contributed by atoms with Crippen molar-refractivity contribution in [3.63, 3.8) is 0 Å². The van der Waals surface area contributed by atoms with Crippen LogP contribution in [-0.4, -0.2) is 17.6 Å². The molecule has 1 heterocycles. The molecule has 1 aromatic carbocycles. The predicted molar refractivity (Wildman–Crippen MR) is 77.7 cm³/mol. The lowest BCUT2D eigenvalue weighted by molar-refractivity contribution is 0.0942. The molecule has 3 nitrogen and oxygen atoms in total. The Bertz CT molecular complexity index is 608. The Morgan fingerprint density at radius 1 is 1.40 bits per heavy atom. The van der Waals surface area contributed by atoms with E-state index in [0.29, 0.717) is 6.54 Å². The highest BCUT2D eigenvalue weighted by molar-refractivity contribution is 7.10. The molecule has 0 radical (unpaired) electrons. The van der Waals surface area contributed by atoms with E-state index in [2.05, 4.69) is 5.32 Å². The molecule has 0 aliphatic rings. The number of halogens is 1. The van der Waals surface area contributed by atoms with Gasteiger partial charge in [-0.25, -0.2) is 4.39 Å². The van der Waals surface area contributed by atoms with Crippen LogP contribution in [0.5, 0.6) is 5.75 Å². The molecule has 0 spiro atoms. The number of rotatable bonds is 4. The van der Waals surface area contributed by atoms with E-state index in [0.717, 1.165) is 17.0 Å². The van der Waals surface area contributed by atoms with E-state index in [4.69, 9.17) is 0 Å². The average Bonchev–Trinajstić information content (AvgIpc) is 2.93. The van der Waals surface area contributed by atoms with E-state index in [1.165, 1.54) is 6.07 Å². The molecule has 2 rings (SSSR count). The van der Waals surface area contributed by atoms with Gasteiger partial charge in [-0.2, -0.15) is 0 Å². The van der Waals surface area contributed by atoms with E-state index in [-0.39, 0.29) is 16.7 Å². The fourth-order valence-corrected chi connectivity index (χ4v) is 2.69. The predicted octanol–water partition coefficient (Wildman–Crippen LogP) is 3.30. The summed E-state index contributed by atoms with van der Waals surface area (Å²) < 4.78 is 13.1. The average molecular weight is 293 g/mol. The molecule has 0 saturated heterocycles. The van der Waals surface area contributed by atoms with Crippen LogP contribution in [0.4, 0.5) is 4.39 Å². The third-order valence-electron chi connectivity index (χ3n) is 3.08. The number of benzene rings is 1. The molecule has 1 amide bonds. The number of hydrogen-bond donors (Lipinski definition) is 2. The summed E-state index contributed by atoms with van der Waals surface area (Å²) in [7, 11) is 0. The van der Waals surface area contributed by atoms with Crippen LogP contribution in [0.1, 0.15) is 29.1 Å². The Hall–Kier alpha value is -1.88. The van der Waals surface area contributed by atoms with Crippen LogP contribution in [0.2, 0.25) is 0 Å². The van der Waals surface area contributed by atoms with Crippen LogP contribution in [0.15, 0.2) is 35.7 Å². The summed E-state index contributed by atoms with van der Waals surface area (Å²) in [6.07, 6.45) is 0. The largest absolute Gasteiger partial charge is 0.507 e. The van der Waals surface area contributed by atoms with Gasteiger partial charge in [0.2, 0.25) is 0 Å². The smallest absolute Gasteiger partial charge is 0.255 e. The second-order valence-electron chi connectivity index (χ2n) is 5.21. The van der Waals surface area contributed by atoms with Crippen molar-refractivity contribution in [3.8, 4) is 5.75 Å². The summed E-state index contributed by atoms with van der Waals surface area (Å²) in [5.41, 5.74) is -0.265. The first-order chi connectivity index (χ1) is 9.40. The van der Waals surface area contributed by atoms with Crippen molar-refractivity contribution in [1.29, 1.82) is 0 Å². The first kappa shape index (κ1) is 14.5. The molecule has 0 atom stereocenters. The highest BCUT2D eigenvalue weighted by Gasteiger charge is 2.23. The van der Waals surface area contributed by atoms with E-state index >= 15 is 0 Å². The van der Waals surface area contributed by atoms with Crippen LogP contribution >= 0.6 is 11.3 Å². The molecule has 0 saturated carbocycles. The second-order valence-corrected chi connectivity index (χ2v) is 6.15. The van der Waals surface area contributed by atoms with Crippen molar-refractivity contribution in [2.45, 2.75) is 19.3 Å². The van der Waals surface area contributed by atoms with E-state index in [9.17, 15) is 14.3 Å². The molecular formula is C15H16FNO2S. The molecule has 5 heteroatoms. The first-order valence-electron chi connectivity index (χ1n) is 6.21. The molecule has 0 aliphatic heterocycles. The van der Waals surface area contributed by atoms with Crippen molar-refractivity contribution in [2.24, 2.45) is 0 Å². The van der Waals surface area contributed by atoms with Crippen molar-refractivity contribution in [3.05, 3.63) is 52.0 Å². The zero-order valence-electron chi connectivity index (χ0n) is 11.3. The number of aromatic hydroxyl groups is 1. The van der Waals surface area contributed by atoms with E-state index in [1.807, 2.05) is 31.4 Å².